The van der Waals surface area contributed by atoms with Crippen molar-refractivity contribution in [3.8, 4) is 11.4 Å². The summed E-state index contributed by atoms with van der Waals surface area (Å²) in [7, 11) is 1.57. The number of hydrogen-bond donors (Lipinski definition) is 1. The lowest BCUT2D eigenvalue weighted by molar-refractivity contribution is 0.0912. The predicted octanol–water partition coefficient (Wildman–Crippen LogP) is 4.08. The molecule has 0 spiro atoms. The zero-order valence-corrected chi connectivity index (χ0v) is 16.5. The average molecular weight is 381 g/mol. The molecule has 1 amide bonds. The first-order chi connectivity index (χ1) is 13.3. The Hall–Kier alpha value is -3.15. The van der Waals surface area contributed by atoms with E-state index in [4.69, 9.17) is 4.74 Å². The number of aromatic nitrogens is 2. The minimum Gasteiger partial charge on any atom is -0.495 e. The fourth-order valence-corrected chi connectivity index (χ4v) is 3.12. The Morgan fingerprint density at radius 1 is 1.21 bits per heavy atom. The molecule has 0 aliphatic heterocycles. The van der Waals surface area contributed by atoms with E-state index in [1.165, 1.54) is 12.1 Å². The summed E-state index contributed by atoms with van der Waals surface area (Å²) in [5, 5.41) is 3.04. The molecule has 2 aromatic carbocycles. The van der Waals surface area contributed by atoms with Gasteiger partial charge in [-0.2, -0.15) is 0 Å². The zero-order chi connectivity index (χ0) is 20.3. The van der Waals surface area contributed by atoms with Crippen molar-refractivity contribution in [1.29, 1.82) is 0 Å². The van der Waals surface area contributed by atoms with Crippen LogP contribution in [0.4, 0.5) is 4.39 Å². The van der Waals surface area contributed by atoms with Crippen molar-refractivity contribution >= 4 is 5.91 Å². The topological polar surface area (TPSA) is 56.1 Å². The van der Waals surface area contributed by atoms with Gasteiger partial charge in [0.1, 0.15) is 11.6 Å². The summed E-state index contributed by atoms with van der Waals surface area (Å²) < 4.78 is 20.4. The Bertz CT molecular complexity index is 978. The van der Waals surface area contributed by atoms with Gasteiger partial charge in [-0.1, -0.05) is 12.1 Å². The second-order valence-electron chi connectivity index (χ2n) is 7.45. The highest BCUT2D eigenvalue weighted by atomic mass is 19.1. The van der Waals surface area contributed by atoms with Gasteiger partial charge in [-0.25, -0.2) is 9.37 Å². The van der Waals surface area contributed by atoms with E-state index in [2.05, 4.69) is 10.3 Å². The molecule has 6 heteroatoms. The van der Waals surface area contributed by atoms with Gasteiger partial charge in [0.05, 0.1) is 24.8 Å². The lowest BCUT2D eigenvalue weighted by Gasteiger charge is -2.26. The van der Waals surface area contributed by atoms with Gasteiger partial charge in [-0.05, 0) is 63.1 Å². The van der Waals surface area contributed by atoms with Gasteiger partial charge in [-0.3, -0.25) is 4.79 Å². The molecule has 0 radical (unpaired) electrons. The molecule has 28 heavy (non-hydrogen) atoms. The molecule has 0 saturated carbocycles. The number of ether oxygens (including phenoxy) is 1. The molecule has 0 aliphatic rings. The van der Waals surface area contributed by atoms with E-state index in [-0.39, 0.29) is 11.7 Å². The Labute approximate surface area is 164 Å². The van der Waals surface area contributed by atoms with Crippen LogP contribution in [0.1, 0.15) is 35.5 Å². The minimum absolute atomic E-state index is 0.196. The van der Waals surface area contributed by atoms with E-state index in [1.54, 1.807) is 37.7 Å². The lowest BCUT2D eigenvalue weighted by atomic mass is 9.94. The predicted molar refractivity (Wildman–Crippen MR) is 107 cm³/mol. The molecule has 1 heterocycles. The summed E-state index contributed by atoms with van der Waals surface area (Å²) in [4.78, 5) is 17.0. The number of halogens is 1. The largest absolute Gasteiger partial charge is 0.495 e. The number of imidazole rings is 1. The standard InChI is InChI=1S/C22H24FN3O2/c1-15-13-26(14-24-15)19-10-7-17(11-20(19)28-4)21(27)25-22(2,3)12-16-5-8-18(23)9-6-16/h5-11,13-14H,12H2,1-4H3,(H,25,27). The second-order valence-corrected chi connectivity index (χ2v) is 7.45. The minimum atomic E-state index is -0.498. The number of benzene rings is 2. The van der Waals surface area contributed by atoms with E-state index in [9.17, 15) is 9.18 Å². The first kappa shape index (κ1) is 19.6. The summed E-state index contributed by atoms with van der Waals surface area (Å²) >= 11 is 0. The molecule has 146 valence electrons. The van der Waals surface area contributed by atoms with E-state index >= 15 is 0 Å². The molecule has 3 aromatic rings. The maximum absolute atomic E-state index is 13.1. The van der Waals surface area contributed by atoms with Crippen LogP contribution in [-0.4, -0.2) is 28.1 Å². The number of nitrogens with zero attached hydrogens (tertiary/aromatic N) is 2. The third-order valence-electron chi connectivity index (χ3n) is 4.44. The van der Waals surface area contributed by atoms with Crippen LogP contribution in [0.15, 0.2) is 55.0 Å². The molecular formula is C22H24FN3O2. The molecule has 0 atom stereocenters. The number of methoxy groups -OCH3 is 1. The van der Waals surface area contributed by atoms with Crippen molar-refractivity contribution in [2.24, 2.45) is 0 Å². The highest BCUT2D eigenvalue weighted by Crippen LogP contribution is 2.25. The second kappa shape index (κ2) is 7.84. The highest BCUT2D eigenvalue weighted by Gasteiger charge is 2.22. The molecule has 0 unspecified atom stereocenters. The third kappa shape index (κ3) is 4.57. The summed E-state index contributed by atoms with van der Waals surface area (Å²) in [6.07, 6.45) is 4.19. The number of nitrogens with one attached hydrogen (secondary N) is 1. The summed E-state index contributed by atoms with van der Waals surface area (Å²) in [5.41, 5.74) is 2.67. The van der Waals surface area contributed by atoms with Crippen molar-refractivity contribution in [2.75, 3.05) is 7.11 Å². The van der Waals surface area contributed by atoms with Crippen LogP contribution >= 0.6 is 0 Å². The van der Waals surface area contributed by atoms with E-state index in [0.717, 1.165) is 16.9 Å². The lowest BCUT2D eigenvalue weighted by Crippen LogP contribution is -2.45. The normalized spacial score (nSPS) is 11.3. The van der Waals surface area contributed by atoms with E-state index in [1.807, 2.05) is 37.6 Å². The van der Waals surface area contributed by atoms with Crippen LogP contribution in [0.25, 0.3) is 5.69 Å². The Balaban J connectivity index is 1.77. The first-order valence-electron chi connectivity index (χ1n) is 9.03. The molecule has 0 fully saturated rings. The molecule has 0 aliphatic carbocycles. The number of rotatable bonds is 6. The quantitative estimate of drug-likeness (QED) is 0.700. The fourth-order valence-electron chi connectivity index (χ4n) is 3.12. The monoisotopic (exact) mass is 381 g/mol. The average Bonchev–Trinajstić information content (AvgIpc) is 3.08. The van der Waals surface area contributed by atoms with Gasteiger partial charge in [-0.15, -0.1) is 0 Å². The summed E-state index contributed by atoms with van der Waals surface area (Å²) in [6.45, 7) is 5.79. The number of aryl methyl sites for hydroxylation is 1. The van der Waals surface area contributed by atoms with E-state index < -0.39 is 5.54 Å². The Kier molecular flexibility index (Phi) is 5.49. The molecular weight excluding hydrogens is 357 g/mol. The first-order valence-corrected chi connectivity index (χ1v) is 9.03. The Morgan fingerprint density at radius 2 is 1.93 bits per heavy atom. The van der Waals surface area contributed by atoms with Crippen molar-refractivity contribution in [2.45, 2.75) is 32.7 Å². The SMILES string of the molecule is COc1cc(C(=O)NC(C)(C)Cc2ccc(F)cc2)ccc1-n1cnc(C)c1. The summed E-state index contributed by atoms with van der Waals surface area (Å²) in [6, 6.07) is 11.6. The van der Waals surface area contributed by atoms with Crippen LogP contribution in [-0.2, 0) is 6.42 Å². The molecule has 0 saturated heterocycles. The van der Waals surface area contributed by atoms with Gasteiger partial charge in [0.2, 0.25) is 0 Å². The fraction of sp³-hybridized carbons (Fsp3) is 0.273. The highest BCUT2D eigenvalue weighted by molar-refractivity contribution is 5.95. The van der Waals surface area contributed by atoms with Crippen LogP contribution < -0.4 is 10.1 Å². The molecule has 1 N–H and O–H groups in total. The van der Waals surface area contributed by atoms with Crippen LogP contribution in [0.2, 0.25) is 0 Å². The van der Waals surface area contributed by atoms with Crippen molar-refractivity contribution in [1.82, 2.24) is 14.9 Å². The maximum atomic E-state index is 13.1. The van der Waals surface area contributed by atoms with Gasteiger partial charge < -0.3 is 14.6 Å². The Morgan fingerprint density at radius 3 is 2.54 bits per heavy atom. The van der Waals surface area contributed by atoms with Gasteiger partial charge >= 0.3 is 0 Å². The van der Waals surface area contributed by atoms with Gasteiger partial charge in [0.25, 0.3) is 5.91 Å². The number of hydrogen-bond acceptors (Lipinski definition) is 3. The van der Waals surface area contributed by atoms with Crippen LogP contribution in [0.3, 0.4) is 0 Å². The third-order valence-corrected chi connectivity index (χ3v) is 4.44. The van der Waals surface area contributed by atoms with Crippen molar-refractivity contribution < 1.29 is 13.9 Å². The van der Waals surface area contributed by atoms with Crippen LogP contribution in [0.5, 0.6) is 5.75 Å². The maximum Gasteiger partial charge on any atom is 0.251 e. The number of amides is 1. The van der Waals surface area contributed by atoms with Crippen LogP contribution in [0, 0.1) is 12.7 Å². The zero-order valence-electron chi connectivity index (χ0n) is 16.5. The summed E-state index contributed by atoms with van der Waals surface area (Å²) in [5.74, 6) is 0.117. The van der Waals surface area contributed by atoms with E-state index in [0.29, 0.717) is 17.7 Å². The number of carbonyl (C=O) groups excluding carboxylic acids is 1. The van der Waals surface area contributed by atoms with Gasteiger partial charge in [0, 0.05) is 17.3 Å². The molecule has 3 rings (SSSR count). The molecule has 1 aromatic heterocycles. The molecule has 5 nitrogen and oxygen atoms in total. The van der Waals surface area contributed by atoms with Gasteiger partial charge in [0.15, 0.2) is 0 Å². The molecule has 0 bridgehead atoms. The van der Waals surface area contributed by atoms with Crippen molar-refractivity contribution in [3.63, 3.8) is 0 Å². The van der Waals surface area contributed by atoms with Crippen molar-refractivity contribution in [3.05, 3.63) is 77.6 Å². The number of carbonyl (C=O) groups is 1. The smallest absolute Gasteiger partial charge is 0.251 e.